The quantitative estimate of drug-likeness (QED) is 0.575. The van der Waals surface area contributed by atoms with Crippen LogP contribution in [0.25, 0.3) is 0 Å². The molecule has 0 unspecified atom stereocenters. The molecule has 2 aromatic carbocycles. The van der Waals surface area contributed by atoms with E-state index in [2.05, 4.69) is 22.6 Å². The summed E-state index contributed by atoms with van der Waals surface area (Å²) in [7, 11) is 0. The second kappa shape index (κ2) is 5.13. The van der Waals surface area contributed by atoms with E-state index in [1.807, 2.05) is 30.3 Å². The van der Waals surface area contributed by atoms with Crippen LogP contribution in [0.5, 0.6) is 5.75 Å². The molecule has 2 nitrogen and oxygen atoms in total. The molecule has 96 valence electrons. The Hall–Kier alpha value is -1.07. The van der Waals surface area contributed by atoms with Gasteiger partial charge >= 0.3 is 0 Å². The van der Waals surface area contributed by atoms with Crippen molar-refractivity contribution >= 4 is 40.0 Å². The summed E-state index contributed by atoms with van der Waals surface area (Å²) in [5.74, 6) is 0.646. The van der Waals surface area contributed by atoms with E-state index >= 15 is 0 Å². The van der Waals surface area contributed by atoms with Crippen LogP contribution < -0.4 is 4.74 Å². The number of fused-ring (bicyclic) bond motifs is 1. The standard InChI is InChI=1S/C15H10ClIO2/c16-11-6-10-4-5-19-15(10)13(8-11)14(18)9-2-1-3-12(17)7-9/h1-3,6-8H,4-5H2. The molecule has 0 aromatic heterocycles. The molecule has 0 N–H and O–H groups in total. The lowest BCUT2D eigenvalue weighted by Gasteiger charge is -2.08. The number of rotatable bonds is 2. The number of hydrogen-bond donors (Lipinski definition) is 0. The zero-order valence-electron chi connectivity index (χ0n) is 9.95. The van der Waals surface area contributed by atoms with Crippen LogP contribution in [0.3, 0.4) is 0 Å². The van der Waals surface area contributed by atoms with Crippen molar-refractivity contribution < 1.29 is 9.53 Å². The Labute approximate surface area is 129 Å². The average molecular weight is 385 g/mol. The van der Waals surface area contributed by atoms with Crippen LogP contribution in [0, 0.1) is 3.57 Å². The highest BCUT2D eigenvalue weighted by atomic mass is 127. The lowest BCUT2D eigenvalue weighted by molar-refractivity contribution is 0.103. The van der Waals surface area contributed by atoms with Gasteiger partial charge < -0.3 is 4.74 Å². The molecule has 1 aliphatic heterocycles. The van der Waals surface area contributed by atoms with Crippen LogP contribution in [0.4, 0.5) is 0 Å². The first-order chi connectivity index (χ1) is 9.15. The summed E-state index contributed by atoms with van der Waals surface area (Å²) in [5.41, 5.74) is 2.23. The van der Waals surface area contributed by atoms with Gasteiger partial charge in [0.05, 0.1) is 12.2 Å². The number of ketones is 1. The highest BCUT2D eigenvalue weighted by Gasteiger charge is 2.22. The van der Waals surface area contributed by atoms with Crippen LogP contribution >= 0.6 is 34.2 Å². The van der Waals surface area contributed by atoms with Gasteiger partial charge in [-0.25, -0.2) is 0 Å². The van der Waals surface area contributed by atoms with Gasteiger partial charge in [-0.2, -0.15) is 0 Å². The molecule has 0 radical (unpaired) electrons. The number of carbonyl (C=O) groups is 1. The minimum atomic E-state index is -0.0424. The molecule has 0 saturated carbocycles. The van der Waals surface area contributed by atoms with Crippen molar-refractivity contribution in [1.82, 2.24) is 0 Å². The van der Waals surface area contributed by atoms with E-state index < -0.39 is 0 Å². The SMILES string of the molecule is O=C(c1cccc(I)c1)c1cc(Cl)cc2c1OCC2. The summed E-state index contributed by atoms with van der Waals surface area (Å²) < 4.78 is 6.61. The zero-order chi connectivity index (χ0) is 13.4. The fourth-order valence-corrected chi connectivity index (χ4v) is 3.01. The van der Waals surface area contributed by atoms with Gasteiger partial charge in [0.1, 0.15) is 5.75 Å². The third kappa shape index (κ3) is 2.49. The third-order valence-corrected chi connectivity index (χ3v) is 3.97. The maximum Gasteiger partial charge on any atom is 0.196 e. The Balaban J connectivity index is 2.10. The minimum absolute atomic E-state index is 0.0424. The Bertz CT molecular complexity index is 667. The number of ether oxygens (including phenoxy) is 1. The molecule has 0 spiro atoms. The smallest absolute Gasteiger partial charge is 0.196 e. The molecule has 0 bridgehead atoms. The van der Waals surface area contributed by atoms with Crippen LogP contribution in [-0.4, -0.2) is 12.4 Å². The fraction of sp³-hybridized carbons (Fsp3) is 0.133. The average Bonchev–Trinajstić information content (AvgIpc) is 2.85. The summed E-state index contributed by atoms with van der Waals surface area (Å²) in [6.45, 7) is 0.613. The Morgan fingerprint density at radius 2 is 2.11 bits per heavy atom. The predicted molar refractivity (Wildman–Crippen MR) is 83.2 cm³/mol. The fourth-order valence-electron chi connectivity index (χ4n) is 2.22. The maximum atomic E-state index is 12.6. The highest BCUT2D eigenvalue weighted by Crippen LogP contribution is 2.34. The summed E-state index contributed by atoms with van der Waals surface area (Å²) in [5, 5.41) is 0.582. The normalized spacial score (nSPS) is 12.9. The van der Waals surface area contributed by atoms with Gasteiger partial charge in [0.15, 0.2) is 5.78 Å². The first-order valence-corrected chi connectivity index (χ1v) is 7.36. The lowest BCUT2D eigenvalue weighted by Crippen LogP contribution is -2.04. The molecule has 0 fully saturated rings. The molecule has 1 heterocycles. The van der Waals surface area contributed by atoms with Crippen molar-refractivity contribution in [2.45, 2.75) is 6.42 Å². The summed E-state index contributed by atoms with van der Waals surface area (Å²) in [4.78, 5) is 12.6. The molecule has 0 saturated heterocycles. The van der Waals surface area contributed by atoms with Crippen LogP contribution in [-0.2, 0) is 6.42 Å². The Morgan fingerprint density at radius 3 is 2.89 bits per heavy atom. The van der Waals surface area contributed by atoms with Gasteiger partial charge in [-0.15, -0.1) is 0 Å². The van der Waals surface area contributed by atoms with Gasteiger partial charge in [-0.05, 0) is 52.4 Å². The number of hydrogen-bond acceptors (Lipinski definition) is 2. The topological polar surface area (TPSA) is 26.3 Å². The molecule has 2 aromatic rings. The molecular formula is C15H10ClIO2. The Kier molecular flexibility index (Phi) is 3.50. The summed E-state index contributed by atoms with van der Waals surface area (Å²) in [6, 6.07) is 11.1. The minimum Gasteiger partial charge on any atom is -0.492 e. The monoisotopic (exact) mass is 384 g/mol. The largest absolute Gasteiger partial charge is 0.492 e. The van der Waals surface area contributed by atoms with E-state index in [-0.39, 0.29) is 5.78 Å². The predicted octanol–water partition coefficient (Wildman–Crippen LogP) is 4.11. The second-order valence-corrected chi connectivity index (χ2v) is 6.06. The highest BCUT2D eigenvalue weighted by molar-refractivity contribution is 14.1. The zero-order valence-corrected chi connectivity index (χ0v) is 12.9. The van der Waals surface area contributed by atoms with Crippen molar-refractivity contribution in [2.24, 2.45) is 0 Å². The second-order valence-electron chi connectivity index (χ2n) is 4.38. The molecule has 3 rings (SSSR count). The molecular weight excluding hydrogens is 375 g/mol. The number of benzene rings is 2. The molecule has 4 heteroatoms. The van der Waals surface area contributed by atoms with Crippen LogP contribution in [0.2, 0.25) is 5.02 Å². The van der Waals surface area contributed by atoms with Gasteiger partial charge in [-0.1, -0.05) is 23.7 Å². The van der Waals surface area contributed by atoms with E-state index in [9.17, 15) is 4.79 Å². The number of carbonyl (C=O) groups excluding carboxylic acids is 1. The molecule has 0 atom stereocenters. The van der Waals surface area contributed by atoms with E-state index in [1.54, 1.807) is 6.07 Å². The molecule has 19 heavy (non-hydrogen) atoms. The third-order valence-electron chi connectivity index (χ3n) is 3.08. The molecule has 0 aliphatic carbocycles. The van der Waals surface area contributed by atoms with Crippen LogP contribution in [0.15, 0.2) is 36.4 Å². The lowest BCUT2D eigenvalue weighted by atomic mass is 10.00. The first-order valence-electron chi connectivity index (χ1n) is 5.90. The van der Waals surface area contributed by atoms with Gasteiger partial charge in [-0.3, -0.25) is 4.79 Å². The van der Waals surface area contributed by atoms with Gasteiger partial charge in [0.25, 0.3) is 0 Å². The van der Waals surface area contributed by atoms with Crippen molar-refractivity contribution in [1.29, 1.82) is 0 Å². The van der Waals surface area contributed by atoms with E-state index in [0.29, 0.717) is 28.5 Å². The summed E-state index contributed by atoms with van der Waals surface area (Å²) >= 11 is 8.27. The van der Waals surface area contributed by atoms with Gasteiger partial charge in [0.2, 0.25) is 0 Å². The number of halogens is 2. The maximum absolute atomic E-state index is 12.6. The van der Waals surface area contributed by atoms with Crippen LogP contribution in [0.1, 0.15) is 21.5 Å². The summed E-state index contributed by atoms with van der Waals surface area (Å²) in [6.07, 6.45) is 0.808. The molecule has 0 amide bonds. The van der Waals surface area contributed by atoms with E-state index in [4.69, 9.17) is 16.3 Å². The van der Waals surface area contributed by atoms with E-state index in [0.717, 1.165) is 15.6 Å². The van der Waals surface area contributed by atoms with Crippen molar-refractivity contribution in [3.05, 3.63) is 61.7 Å². The molecule has 1 aliphatic rings. The van der Waals surface area contributed by atoms with Crippen molar-refractivity contribution in [2.75, 3.05) is 6.61 Å². The van der Waals surface area contributed by atoms with Crippen molar-refractivity contribution in [3.8, 4) is 5.75 Å². The van der Waals surface area contributed by atoms with Crippen molar-refractivity contribution in [3.63, 3.8) is 0 Å². The first kappa shape index (κ1) is 12.9. The Morgan fingerprint density at radius 1 is 1.26 bits per heavy atom. The van der Waals surface area contributed by atoms with Gasteiger partial charge in [0, 0.05) is 20.6 Å². The van der Waals surface area contributed by atoms with E-state index in [1.165, 1.54) is 0 Å².